The lowest BCUT2D eigenvalue weighted by Gasteiger charge is -2.34. The van der Waals surface area contributed by atoms with E-state index in [-0.39, 0.29) is 49.1 Å². The van der Waals surface area contributed by atoms with Crippen LogP contribution in [0.25, 0.3) is 0 Å². The number of aliphatic carboxylic acids is 1. The second-order valence-electron chi connectivity index (χ2n) is 10.9. The monoisotopic (exact) mass is 504 g/mol. The van der Waals surface area contributed by atoms with Crippen LogP contribution >= 0.6 is 0 Å². The van der Waals surface area contributed by atoms with Crippen LogP contribution < -0.4 is 0 Å². The average Bonchev–Trinajstić information content (AvgIpc) is 3.43. The minimum Gasteiger partial charge on any atom is -0.481 e. The topological polar surface area (TPSA) is 99.5 Å². The molecule has 202 valence electrons. The van der Waals surface area contributed by atoms with E-state index in [9.17, 15) is 19.8 Å². The lowest BCUT2D eigenvalue weighted by Crippen LogP contribution is -2.46. The van der Waals surface area contributed by atoms with E-state index in [1.165, 1.54) is 0 Å². The Labute approximate surface area is 215 Å². The van der Waals surface area contributed by atoms with Crippen LogP contribution in [-0.4, -0.2) is 77.5 Å². The number of ether oxygens (including phenoxy) is 2. The smallest absolute Gasteiger partial charge is 0.308 e. The number of allylic oxidation sites excluding steroid dienone is 4. The number of hydrogen-bond acceptors (Lipinski definition) is 6. The molecule has 2 saturated heterocycles. The molecule has 1 aliphatic carbocycles. The van der Waals surface area contributed by atoms with Gasteiger partial charge in [-0.15, -0.1) is 0 Å². The van der Waals surface area contributed by atoms with Gasteiger partial charge in [-0.2, -0.15) is 0 Å². The second-order valence-corrected chi connectivity index (χ2v) is 10.9. The van der Waals surface area contributed by atoms with Gasteiger partial charge in [0.2, 0.25) is 12.7 Å². The zero-order valence-electron chi connectivity index (χ0n) is 22.3. The third-order valence-electron chi connectivity index (χ3n) is 7.65. The summed E-state index contributed by atoms with van der Waals surface area (Å²) in [6.45, 7) is 10.4. The number of carbonyl (C=O) groups excluding carboxylic acids is 1. The molecule has 0 spiro atoms. The van der Waals surface area contributed by atoms with Crippen LogP contribution in [0.3, 0.4) is 0 Å². The zero-order chi connectivity index (χ0) is 26.3. The highest BCUT2D eigenvalue weighted by molar-refractivity contribution is 5.79. The largest absolute Gasteiger partial charge is 0.481 e. The Morgan fingerprint density at radius 1 is 1.22 bits per heavy atom. The fourth-order valence-corrected chi connectivity index (χ4v) is 5.92. The molecule has 1 unspecified atom stereocenters. The Hall–Kier alpha value is -2.32. The first-order valence-corrected chi connectivity index (χ1v) is 13.4. The Balaban J connectivity index is 1.87. The number of likely N-dealkylation sites (tertiary alicyclic amines) is 1. The van der Waals surface area contributed by atoms with Gasteiger partial charge in [-0.3, -0.25) is 14.5 Å². The number of rotatable bonds is 13. The second kappa shape index (κ2) is 12.8. The standard InChI is InChI=1S/C28H44N2O6/c1-5-7-12-29(13-8-14-31)25(32)18-30-17-21(20-9-10-23-24(15-20)36-19-35-23)26(27(33)34)22(30)16-28(3,4)11-6-2/h6,10-11,15,20-22,26,31H,5,7-9,12-14,16-19H2,1-4H3,(H,33,34)/b11-6+/t20?,21-,22+,26-/m1/s1. The van der Waals surface area contributed by atoms with Gasteiger partial charge in [-0.05, 0) is 62.0 Å². The normalized spacial score (nSPS) is 26.2. The molecule has 8 heteroatoms. The maximum atomic E-state index is 13.4. The predicted octanol–water partition coefficient (Wildman–Crippen LogP) is 3.78. The molecule has 4 atom stereocenters. The molecule has 2 aliphatic heterocycles. The molecule has 0 aromatic rings. The van der Waals surface area contributed by atoms with Crippen LogP contribution in [0.5, 0.6) is 0 Å². The van der Waals surface area contributed by atoms with Crippen molar-refractivity contribution in [2.24, 2.45) is 23.2 Å². The molecular weight excluding hydrogens is 460 g/mol. The summed E-state index contributed by atoms with van der Waals surface area (Å²) in [5, 5.41) is 19.7. The highest BCUT2D eigenvalue weighted by atomic mass is 16.7. The highest BCUT2D eigenvalue weighted by Crippen LogP contribution is 2.44. The van der Waals surface area contributed by atoms with Crippen LogP contribution in [0.1, 0.15) is 59.8 Å². The van der Waals surface area contributed by atoms with Crippen molar-refractivity contribution in [2.45, 2.75) is 65.8 Å². The molecule has 3 rings (SSSR count). The third-order valence-corrected chi connectivity index (χ3v) is 7.65. The number of carboxylic acid groups (broad SMARTS) is 1. The van der Waals surface area contributed by atoms with Gasteiger partial charge < -0.3 is 24.6 Å². The number of aliphatic hydroxyl groups is 1. The van der Waals surface area contributed by atoms with Gasteiger partial charge in [0.25, 0.3) is 0 Å². The molecule has 0 radical (unpaired) electrons. The van der Waals surface area contributed by atoms with Gasteiger partial charge in [0.05, 0.1) is 12.5 Å². The Kier molecular flexibility index (Phi) is 10.0. The predicted molar refractivity (Wildman–Crippen MR) is 138 cm³/mol. The van der Waals surface area contributed by atoms with Crippen LogP contribution in [0.2, 0.25) is 0 Å². The van der Waals surface area contributed by atoms with Gasteiger partial charge in [-0.1, -0.05) is 39.3 Å². The first kappa shape index (κ1) is 28.3. The van der Waals surface area contributed by atoms with Crippen molar-refractivity contribution in [1.82, 2.24) is 9.80 Å². The number of unbranched alkanes of at least 4 members (excludes halogenated alkanes) is 1. The maximum Gasteiger partial charge on any atom is 0.308 e. The van der Waals surface area contributed by atoms with E-state index in [4.69, 9.17) is 9.47 Å². The molecule has 8 nitrogen and oxygen atoms in total. The molecule has 0 saturated carbocycles. The van der Waals surface area contributed by atoms with Crippen molar-refractivity contribution in [1.29, 1.82) is 0 Å². The van der Waals surface area contributed by atoms with Gasteiger partial charge >= 0.3 is 5.97 Å². The summed E-state index contributed by atoms with van der Waals surface area (Å²) in [7, 11) is 0. The number of nitrogens with zero attached hydrogens (tertiary/aromatic N) is 2. The summed E-state index contributed by atoms with van der Waals surface area (Å²) >= 11 is 0. The fraction of sp³-hybridized carbons (Fsp3) is 0.714. The number of aliphatic hydroxyl groups excluding tert-OH is 1. The van der Waals surface area contributed by atoms with Gasteiger partial charge in [0.1, 0.15) is 0 Å². The quantitative estimate of drug-likeness (QED) is 0.368. The third kappa shape index (κ3) is 6.91. The average molecular weight is 505 g/mol. The number of carbonyl (C=O) groups is 2. The SMILES string of the molecule is C/C=C/C(C)(C)C[C@H]1[C@H](C(=O)O)[C@@H](C2C=C3OCOC3=CC2)CN1CC(=O)N(CCCC)CCCO. The van der Waals surface area contributed by atoms with Crippen LogP contribution in [0, 0.1) is 23.2 Å². The highest BCUT2D eigenvalue weighted by Gasteiger charge is 2.50. The zero-order valence-corrected chi connectivity index (χ0v) is 22.3. The summed E-state index contributed by atoms with van der Waals surface area (Å²) in [5.41, 5.74) is -0.206. The molecule has 0 aromatic carbocycles. The Bertz CT molecular complexity index is 856. The van der Waals surface area contributed by atoms with Crippen LogP contribution in [-0.2, 0) is 19.1 Å². The van der Waals surface area contributed by atoms with Crippen LogP contribution in [0.4, 0.5) is 0 Å². The number of carboxylic acids is 1. The maximum absolute atomic E-state index is 13.4. The van der Waals surface area contributed by atoms with Gasteiger partial charge in [-0.25, -0.2) is 0 Å². The molecule has 36 heavy (non-hydrogen) atoms. The summed E-state index contributed by atoms with van der Waals surface area (Å²) in [6.07, 6.45) is 11.9. The molecule has 2 heterocycles. The van der Waals surface area contributed by atoms with E-state index in [2.05, 4.69) is 31.7 Å². The fourth-order valence-electron chi connectivity index (χ4n) is 5.92. The van der Waals surface area contributed by atoms with Crippen LogP contribution in [0.15, 0.2) is 35.8 Å². The van der Waals surface area contributed by atoms with E-state index in [0.29, 0.717) is 44.7 Å². The van der Waals surface area contributed by atoms with Crippen molar-refractivity contribution < 1.29 is 29.3 Å². The lowest BCUT2D eigenvalue weighted by molar-refractivity contribution is -0.145. The van der Waals surface area contributed by atoms with Gasteiger partial charge in [0, 0.05) is 32.3 Å². The summed E-state index contributed by atoms with van der Waals surface area (Å²) in [4.78, 5) is 30.1. The molecular formula is C28H44N2O6. The van der Waals surface area contributed by atoms with E-state index in [1.807, 2.05) is 30.1 Å². The molecule has 2 N–H and O–H groups in total. The Morgan fingerprint density at radius 2 is 1.94 bits per heavy atom. The molecule has 0 bridgehead atoms. The summed E-state index contributed by atoms with van der Waals surface area (Å²) in [6, 6.07) is -0.266. The Morgan fingerprint density at radius 3 is 2.61 bits per heavy atom. The molecule has 3 aliphatic rings. The first-order chi connectivity index (χ1) is 17.2. The number of hydrogen-bond donors (Lipinski definition) is 2. The van der Waals surface area contributed by atoms with Crippen molar-refractivity contribution >= 4 is 11.9 Å². The minimum atomic E-state index is -0.809. The summed E-state index contributed by atoms with van der Waals surface area (Å²) < 4.78 is 11.1. The van der Waals surface area contributed by atoms with E-state index < -0.39 is 11.9 Å². The minimum absolute atomic E-state index is 0.00423. The number of fused-ring (bicyclic) bond motifs is 1. The molecule has 1 amide bonds. The lowest BCUT2D eigenvalue weighted by atomic mass is 9.74. The van der Waals surface area contributed by atoms with E-state index in [1.54, 1.807) is 0 Å². The van der Waals surface area contributed by atoms with Gasteiger partial charge in [0.15, 0.2) is 11.5 Å². The van der Waals surface area contributed by atoms with Crippen molar-refractivity contribution in [3.63, 3.8) is 0 Å². The van der Waals surface area contributed by atoms with Crippen molar-refractivity contribution in [3.05, 3.63) is 35.8 Å². The number of amides is 1. The van der Waals surface area contributed by atoms with Crippen molar-refractivity contribution in [3.8, 4) is 0 Å². The molecule has 0 aromatic heterocycles. The van der Waals surface area contributed by atoms with Crippen molar-refractivity contribution in [2.75, 3.05) is 39.6 Å². The van der Waals surface area contributed by atoms with E-state index in [0.717, 1.165) is 18.6 Å². The first-order valence-electron chi connectivity index (χ1n) is 13.4. The molecule has 2 fully saturated rings. The summed E-state index contributed by atoms with van der Waals surface area (Å²) in [5.74, 6) is -0.0940. The van der Waals surface area contributed by atoms with E-state index >= 15 is 0 Å².